The van der Waals surface area contributed by atoms with Gasteiger partial charge in [0.15, 0.2) is 0 Å². The number of ether oxygens (including phenoxy) is 1. The van der Waals surface area contributed by atoms with Gasteiger partial charge in [0.2, 0.25) is 0 Å². The number of carboxylic acid groups (broad SMARTS) is 1. The number of alkyl halides is 6. The molecule has 0 unspecified atom stereocenters. The highest BCUT2D eigenvalue weighted by Crippen LogP contribution is 2.36. The monoisotopic (exact) mass is 380 g/mol. The third kappa shape index (κ3) is 8.94. The van der Waals surface area contributed by atoms with Crippen LogP contribution in [-0.4, -0.2) is 43.6 Å². The van der Waals surface area contributed by atoms with Crippen molar-refractivity contribution in [3.8, 4) is 0 Å². The van der Waals surface area contributed by atoms with E-state index in [0.717, 1.165) is 0 Å². The van der Waals surface area contributed by atoms with E-state index < -0.39 is 44.0 Å². The maximum atomic E-state index is 12.4. The summed E-state index contributed by atoms with van der Waals surface area (Å²) in [6, 6.07) is 0.610. The molecule has 0 saturated heterocycles. The van der Waals surface area contributed by atoms with Crippen molar-refractivity contribution in [3.63, 3.8) is 0 Å². The molecule has 24 heavy (non-hydrogen) atoms. The van der Waals surface area contributed by atoms with Gasteiger partial charge in [-0.1, -0.05) is 32.1 Å². The fourth-order valence-electron chi connectivity index (χ4n) is 1.69. The van der Waals surface area contributed by atoms with E-state index in [9.17, 15) is 35.9 Å². The average Bonchev–Trinajstić information content (AvgIpc) is 2.29. The standard InChI is InChI=1S/C13H18F6O4Si/c1-24(2,3)6-4-5-8(7-9(20)21)10(22)23-11(12(14,15)16)13(17,18)19/h7,11H,4-6H2,1-3H3,(H,20,21)/b8-7+. The molecule has 0 rings (SSSR count). The molecule has 0 aliphatic carbocycles. The molecule has 0 aromatic carbocycles. The Bertz CT molecular complexity index is 476. The lowest BCUT2D eigenvalue weighted by atomic mass is 10.1. The Kier molecular flexibility index (Phi) is 7.53. The van der Waals surface area contributed by atoms with Crippen LogP contribution in [0.4, 0.5) is 26.3 Å². The number of carboxylic acids is 1. The van der Waals surface area contributed by atoms with Crippen molar-refractivity contribution in [2.24, 2.45) is 0 Å². The lowest BCUT2D eigenvalue weighted by Gasteiger charge is -2.23. The van der Waals surface area contributed by atoms with Gasteiger partial charge in [0.05, 0.1) is 0 Å². The second-order valence-electron chi connectivity index (χ2n) is 6.29. The van der Waals surface area contributed by atoms with Gasteiger partial charge < -0.3 is 9.84 Å². The molecule has 0 heterocycles. The molecule has 0 bridgehead atoms. The van der Waals surface area contributed by atoms with Crippen molar-refractivity contribution in [2.45, 2.75) is 57.0 Å². The van der Waals surface area contributed by atoms with Crippen molar-refractivity contribution in [1.82, 2.24) is 0 Å². The summed E-state index contributed by atoms with van der Waals surface area (Å²) in [5, 5.41) is 8.63. The molecule has 0 spiro atoms. The summed E-state index contributed by atoms with van der Waals surface area (Å²) in [5.74, 6) is -3.60. The molecule has 140 valence electrons. The van der Waals surface area contributed by atoms with Gasteiger partial charge in [0.25, 0.3) is 6.10 Å². The van der Waals surface area contributed by atoms with E-state index in [1.54, 1.807) is 0 Å². The molecule has 11 heteroatoms. The number of esters is 1. The summed E-state index contributed by atoms with van der Waals surface area (Å²) < 4.78 is 77.8. The predicted octanol–water partition coefficient (Wildman–Crippen LogP) is 4.15. The SMILES string of the molecule is C[Si](C)(C)CCC/C(=C\C(=O)O)C(=O)OC(C(F)(F)F)C(F)(F)F. The molecule has 0 saturated carbocycles. The lowest BCUT2D eigenvalue weighted by Crippen LogP contribution is -2.45. The predicted molar refractivity (Wildman–Crippen MR) is 75.1 cm³/mol. The summed E-state index contributed by atoms with van der Waals surface area (Å²) in [6.45, 7) is 5.90. The Labute approximate surface area is 135 Å². The Morgan fingerprint density at radius 2 is 1.54 bits per heavy atom. The van der Waals surface area contributed by atoms with E-state index in [2.05, 4.69) is 4.74 Å². The zero-order valence-electron chi connectivity index (χ0n) is 13.2. The Morgan fingerprint density at radius 1 is 1.08 bits per heavy atom. The minimum atomic E-state index is -5.85. The first-order valence-corrected chi connectivity index (χ1v) is 10.5. The van der Waals surface area contributed by atoms with E-state index in [0.29, 0.717) is 6.04 Å². The second kappa shape index (κ2) is 8.04. The summed E-state index contributed by atoms with van der Waals surface area (Å²) in [7, 11) is -1.58. The van der Waals surface area contributed by atoms with Crippen molar-refractivity contribution in [1.29, 1.82) is 0 Å². The highest BCUT2D eigenvalue weighted by molar-refractivity contribution is 6.76. The minimum Gasteiger partial charge on any atom is -0.478 e. The Morgan fingerprint density at radius 3 is 1.88 bits per heavy atom. The zero-order valence-corrected chi connectivity index (χ0v) is 14.2. The Hall–Kier alpha value is -1.52. The number of carbonyl (C=O) groups is 2. The molecule has 0 radical (unpaired) electrons. The number of carbonyl (C=O) groups excluding carboxylic acids is 1. The highest BCUT2D eigenvalue weighted by atomic mass is 28.3. The van der Waals surface area contributed by atoms with E-state index in [1.165, 1.54) is 0 Å². The molecule has 0 amide bonds. The Balaban J connectivity index is 5.22. The average molecular weight is 380 g/mol. The fourth-order valence-corrected chi connectivity index (χ4v) is 2.93. The van der Waals surface area contributed by atoms with Crippen molar-refractivity contribution >= 4 is 20.0 Å². The van der Waals surface area contributed by atoms with Gasteiger partial charge in [0.1, 0.15) is 0 Å². The van der Waals surface area contributed by atoms with Gasteiger partial charge in [-0.3, -0.25) is 0 Å². The second-order valence-corrected chi connectivity index (χ2v) is 11.9. The van der Waals surface area contributed by atoms with Crippen LogP contribution in [-0.2, 0) is 14.3 Å². The maximum absolute atomic E-state index is 12.4. The summed E-state index contributed by atoms with van der Waals surface area (Å²) in [4.78, 5) is 22.2. The number of rotatable bonds is 7. The zero-order chi connectivity index (χ0) is 19.3. The van der Waals surface area contributed by atoms with Gasteiger partial charge in [-0.2, -0.15) is 26.3 Å². The van der Waals surface area contributed by atoms with Crippen LogP contribution in [0.15, 0.2) is 11.6 Å². The van der Waals surface area contributed by atoms with E-state index in [1.807, 2.05) is 19.6 Å². The molecule has 0 aromatic heterocycles. The van der Waals surface area contributed by atoms with Gasteiger partial charge in [-0.05, 0) is 6.42 Å². The molecule has 0 aliphatic rings. The van der Waals surface area contributed by atoms with Crippen LogP contribution in [0.5, 0.6) is 0 Å². The molecule has 0 atom stereocenters. The number of hydrogen-bond donors (Lipinski definition) is 1. The van der Waals surface area contributed by atoms with Gasteiger partial charge in [0, 0.05) is 19.7 Å². The first-order valence-electron chi connectivity index (χ1n) is 6.82. The summed E-state index contributed by atoms with van der Waals surface area (Å²) >= 11 is 0. The van der Waals surface area contributed by atoms with Crippen LogP contribution < -0.4 is 0 Å². The quantitative estimate of drug-likeness (QED) is 0.312. The first kappa shape index (κ1) is 22.5. The van der Waals surface area contributed by atoms with Gasteiger partial charge in [-0.25, -0.2) is 9.59 Å². The van der Waals surface area contributed by atoms with Crippen molar-refractivity contribution < 1.29 is 45.8 Å². The first-order chi connectivity index (χ1) is 10.5. The van der Waals surface area contributed by atoms with Crippen LogP contribution in [0.3, 0.4) is 0 Å². The fraction of sp³-hybridized carbons (Fsp3) is 0.692. The molecule has 0 aliphatic heterocycles. The summed E-state index contributed by atoms with van der Waals surface area (Å²) in [5.41, 5.74) is -0.737. The number of aliphatic carboxylic acids is 1. The molecule has 1 N–H and O–H groups in total. The van der Waals surface area contributed by atoms with Gasteiger partial charge in [-0.15, -0.1) is 0 Å². The van der Waals surface area contributed by atoms with Crippen LogP contribution in [0, 0.1) is 0 Å². The number of hydrogen-bond acceptors (Lipinski definition) is 3. The third-order valence-electron chi connectivity index (χ3n) is 2.75. The van der Waals surface area contributed by atoms with Gasteiger partial charge >= 0.3 is 24.3 Å². The van der Waals surface area contributed by atoms with Crippen LogP contribution in [0.25, 0.3) is 0 Å². The maximum Gasteiger partial charge on any atom is 0.434 e. The lowest BCUT2D eigenvalue weighted by molar-refractivity contribution is -0.312. The van der Waals surface area contributed by atoms with Crippen LogP contribution >= 0.6 is 0 Å². The van der Waals surface area contributed by atoms with E-state index in [-0.39, 0.29) is 18.9 Å². The van der Waals surface area contributed by atoms with E-state index >= 15 is 0 Å². The topological polar surface area (TPSA) is 63.6 Å². The third-order valence-corrected chi connectivity index (χ3v) is 4.61. The summed E-state index contributed by atoms with van der Waals surface area (Å²) in [6.07, 6.45) is -15.7. The molecule has 4 nitrogen and oxygen atoms in total. The normalized spacial score (nSPS) is 14.0. The van der Waals surface area contributed by atoms with Crippen molar-refractivity contribution in [3.05, 3.63) is 11.6 Å². The molecular weight excluding hydrogens is 362 g/mol. The van der Waals surface area contributed by atoms with E-state index in [4.69, 9.17) is 5.11 Å². The molecular formula is C13H18F6O4Si. The van der Waals surface area contributed by atoms with Crippen LogP contribution in [0.2, 0.25) is 25.7 Å². The van der Waals surface area contributed by atoms with Crippen LogP contribution in [0.1, 0.15) is 12.8 Å². The molecule has 0 aromatic rings. The minimum absolute atomic E-state index is 0.257. The largest absolute Gasteiger partial charge is 0.478 e. The van der Waals surface area contributed by atoms with Crippen molar-refractivity contribution in [2.75, 3.05) is 0 Å². The highest BCUT2D eigenvalue weighted by Gasteiger charge is 2.60. The smallest absolute Gasteiger partial charge is 0.434 e. The molecule has 0 fully saturated rings. The number of halogens is 6.